The van der Waals surface area contributed by atoms with E-state index in [9.17, 15) is 4.79 Å². The molecule has 4 nitrogen and oxygen atoms in total. The molecule has 4 aliphatic heterocycles. The van der Waals surface area contributed by atoms with Crippen LogP contribution in [0.15, 0.2) is 0 Å². The number of fused-ring (bicyclic) bond motifs is 2. The zero-order chi connectivity index (χ0) is 15.6. The molecule has 146 valence electrons. The molecule has 0 radical (unpaired) electrons. The molecule has 2 unspecified atom stereocenters. The Balaban J connectivity index is 0.00000113. The summed E-state index contributed by atoms with van der Waals surface area (Å²) in [5.74, 6) is 1.91. The van der Waals surface area contributed by atoms with Crippen molar-refractivity contribution in [2.24, 2.45) is 11.8 Å². The van der Waals surface area contributed by atoms with E-state index in [2.05, 4.69) is 15.1 Å². The van der Waals surface area contributed by atoms with E-state index in [1.54, 1.807) is 0 Å². The van der Waals surface area contributed by atoms with E-state index in [0.717, 1.165) is 25.4 Å². The van der Waals surface area contributed by atoms with Gasteiger partial charge in [0.15, 0.2) is 0 Å². The lowest BCUT2D eigenvalue weighted by atomic mass is 9.88. The van der Waals surface area contributed by atoms with Gasteiger partial charge < -0.3 is 15.1 Å². The Morgan fingerprint density at radius 1 is 0.840 bits per heavy atom. The maximum atomic E-state index is 12.6. The molecule has 1 amide bonds. The molecule has 4 rings (SSSR count). The van der Waals surface area contributed by atoms with Crippen LogP contribution in [0.1, 0.15) is 57.8 Å². The Kier molecular flexibility index (Phi) is 8.32. The highest BCUT2D eigenvalue weighted by Gasteiger charge is 2.35. The molecule has 1 N–H and O–H groups in total. The van der Waals surface area contributed by atoms with Gasteiger partial charge in [0.25, 0.3) is 0 Å². The maximum absolute atomic E-state index is 12.6. The summed E-state index contributed by atoms with van der Waals surface area (Å²) in [5, 5.41) is 3.68. The van der Waals surface area contributed by atoms with E-state index in [-0.39, 0.29) is 24.8 Å². The fourth-order valence-electron chi connectivity index (χ4n) is 5.41. The molecular weight excluding hydrogens is 357 g/mol. The third-order valence-corrected chi connectivity index (χ3v) is 6.72. The van der Waals surface area contributed by atoms with Crippen molar-refractivity contribution in [3.63, 3.8) is 0 Å². The van der Waals surface area contributed by atoms with Gasteiger partial charge in [-0.05, 0) is 76.3 Å². The highest BCUT2D eigenvalue weighted by Crippen LogP contribution is 2.33. The van der Waals surface area contributed by atoms with Crippen molar-refractivity contribution >= 4 is 30.7 Å². The van der Waals surface area contributed by atoms with Crippen LogP contribution >= 0.6 is 24.8 Å². The van der Waals surface area contributed by atoms with Crippen molar-refractivity contribution < 1.29 is 4.79 Å². The molecule has 2 atom stereocenters. The summed E-state index contributed by atoms with van der Waals surface area (Å²) < 4.78 is 0. The molecule has 0 aliphatic carbocycles. The van der Waals surface area contributed by atoms with Crippen molar-refractivity contribution in [1.82, 2.24) is 15.1 Å². The lowest BCUT2D eigenvalue weighted by Crippen LogP contribution is -2.43. The van der Waals surface area contributed by atoms with Gasteiger partial charge in [0, 0.05) is 38.1 Å². The lowest BCUT2D eigenvalue weighted by Gasteiger charge is -2.35. The second kappa shape index (κ2) is 9.77. The van der Waals surface area contributed by atoms with Gasteiger partial charge in [0.2, 0.25) is 5.91 Å². The number of amides is 1. The van der Waals surface area contributed by atoms with Crippen LogP contribution in [-0.2, 0) is 4.79 Å². The van der Waals surface area contributed by atoms with Crippen LogP contribution in [0, 0.1) is 11.8 Å². The number of nitrogens with one attached hydrogen (secondary N) is 1. The van der Waals surface area contributed by atoms with Crippen LogP contribution < -0.4 is 5.32 Å². The third kappa shape index (κ3) is 5.47. The van der Waals surface area contributed by atoms with E-state index in [4.69, 9.17) is 0 Å². The minimum absolute atomic E-state index is 0. The smallest absolute Gasteiger partial charge is 0.222 e. The number of halogens is 2. The summed E-state index contributed by atoms with van der Waals surface area (Å²) >= 11 is 0. The summed E-state index contributed by atoms with van der Waals surface area (Å²) in [5.41, 5.74) is 0. The van der Waals surface area contributed by atoms with Crippen molar-refractivity contribution in [2.45, 2.75) is 69.9 Å². The van der Waals surface area contributed by atoms with Gasteiger partial charge in [0.05, 0.1) is 0 Å². The van der Waals surface area contributed by atoms with Crippen LogP contribution in [-0.4, -0.2) is 60.5 Å². The number of hydrogen-bond acceptors (Lipinski definition) is 3. The van der Waals surface area contributed by atoms with Crippen LogP contribution in [0.3, 0.4) is 0 Å². The first kappa shape index (κ1) is 21.3. The lowest BCUT2D eigenvalue weighted by molar-refractivity contribution is -0.134. The summed E-state index contributed by atoms with van der Waals surface area (Å²) in [6.07, 6.45) is 11.1. The highest BCUT2D eigenvalue weighted by atomic mass is 35.5. The van der Waals surface area contributed by atoms with Gasteiger partial charge in [-0.15, -0.1) is 24.8 Å². The van der Waals surface area contributed by atoms with E-state index in [1.165, 1.54) is 71.0 Å². The topological polar surface area (TPSA) is 35.6 Å². The number of piperidine rings is 2. The Hall–Kier alpha value is -0.0300. The highest BCUT2D eigenvalue weighted by molar-refractivity contribution is 5.85. The van der Waals surface area contributed by atoms with Crippen molar-refractivity contribution in [3.8, 4) is 0 Å². The molecule has 0 aromatic carbocycles. The van der Waals surface area contributed by atoms with E-state index in [1.807, 2.05) is 0 Å². The molecule has 0 spiro atoms. The monoisotopic (exact) mass is 391 g/mol. The normalized spacial score (nSPS) is 33.0. The van der Waals surface area contributed by atoms with Gasteiger partial charge in [0.1, 0.15) is 0 Å². The van der Waals surface area contributed by atoms with Crippen molar-refractivity contribution in [3.05, 3.63) is 0 Å². The fourth-order valence-corrected chi connectivity index (χ4v) is 5.41. The number of hydrogen-bond donors (Lipinski definition) is 1. The van der Waals surface area contributed by atoms with Gasteiger partial charge in [-0.2, -0.15) is 0 Å². The summed E-state index contributed by atoms with van der Waals surface area (Å²) in [6, 6.07) is 1.41. The zero-order valence-electron chi connectivity index (χ0n) is 15.3. The molecule has 4 saturated heterocycles. The molecule has 6 heteroatoms. The average Bonchev–Trinajstić information content (AvgIpc) is 3.18. The Morgan fingerprint density at radius 3 is 2.04 bits per heavy atom. The SMILES string of the molecule is Cl.Cl.O=C(CC1CC2CCC(C1)N2)N1CCC(CN2CCCC2)CC1. The van der Waals surface area contributed by atoms with Crippen molar-refractivity contribution in [1.29, 1.82) is 0 Å². The number of carbonyl (C=O) groups is 1. The molecule has 4 heterocycles. The van der Waals surface area contributed by atoms with Crippen LogP contribution in [0.5, 0.6) is 0 Å². The zero-order valence-corrected chi connectivity index (χ0v) is 17.0. The predicted molar refractivity (Wildman–Crippen MR) is 107 cm³/mol. The Bertz CT molecular complexity index is 411. The summed E-state index contributed by atoms with van der Waals surface area (Å²) in [6.45, 7) is 5.90. The summed E-state index contributed by atoms with van der Waals surface area (Å²) in [4.78, 5) is 17.4. The van der Waals surface area contributed by atoms with Crippen LogP contribution in [0.25, 0.3) is 0 Å². The largest absolute Gasteiger partial charge is 0.343 e. The fraction of sp³-hybridized carbons (Fsp3) is 0.947. The average molecular weight is 392 g/mol. The maximum Gasteiger partial charge on any atom is 0.222 e. The molecule has 2 bridgehead atoms. The number of carbonyl (C=O) groups excluding carboxylic acids is 1. The van der Waals surface area contributed by atoms with E-state index < -0.39 is 0 Å². The summed E-state index contributed by atoms with van der Waals surface area (Å²) in [7, 11) is 0. The first-order chi connectivity index (χ1) is 11.3. The Morgan fingerprint density at radius 2 is 1.44 bits per heavy atom. The first-order valence-corrected chi connectivity index (χ1v) is 10.0. The second-order valence-electron chi connectivity index (χ2n) is 8.51. The first-order valence-electron chi connectivity index (χ1n) is 10.0. The van der Waals surface area contributed by atoms with E-state index in [0.29, 0.717) is 23.9 Å². The second-order valence-corrected chi connectivity index (χ2v) is 8.51. The molecule has 0 aromatic heterocycles. The third-order valence-electron chi connectivity index (χ3n) is 6.72. The number of likely N-dealkylation sites (tertiary alicyclic amines) is 2. The molecule has 0 saturated carbocycles. The quantitative estimate of drug-likeness (QED) is 0.799. The molecule has 0 aromatic rings. The predicted octanol–water partition coefficient (Wildman–Crippen LogP) is 3.09. The molecule has 4 aliphatic rings. The number of nitrogens with zero attached hydrogens (tertiary/aromatic N) is 2. The van der Waals surface area contributed by atoms with Crippen molar-refractivity contribution in [2.75, 3.05) is 32.7 Å². The van der Waals surface area contributed by atoms with Gasteiger partial charge in [-0.1, -0.05) is 0 Å². The van der Waals surface area contributed by atoms with Crippen LogP contribution in [0.4, 0.5) is 0 Å². The molecule has 25 heavy (non-hydrogen) atoms. The standard InChI is InChI=1S/C19H33N3O.2ClH/c23-19(13-16-11-17-3-4-18(12-16)20-17)22-9-5-15(6-10-22)14-21-7-1-2-8-21;;/h15-18,20H,1-14H2;2*1H. The minimum atomic E-state index is 0. The molecular formula is C19H35Cl2N3O. The number of rotatable bonds is 4. The molecule has 4 fully saturated rings. The van der Waals surface area contributed by atoms with Gasteiger partial charge in [-0.25, -0.2) is 0 Å². The van der Waals surface area contributed by atoms with Gasteiger partial charge in [-0.3, -0.25) is 4.79 Å². The van der Waals surface area contributed by atoms with Crippen LogP contribution in [0.2, 0.25) is 0 Å². The van der Waals surface area contributed by atoms with E-state index >= 15 is 0 Å². The minimum Gasteiger partial charge on any atom is -0.343 e. The van der Waals surface area contributed by atoms with Gasteiger partial charge >= 0.3 is 0 Å². The Labute approximate surface area is 165 Å².